The predicted molar refractivity (Wildman–Crippen MR) is 83.6 cm³/mol. The van der Waals surface area contributed by atoms with Crippen molar-refractivity contribution in [3.8, 4) is 0 Å². The number of carbonyl (C=O) groups is 3. The van der Waals surface area contributed by atoms with Gasteiger partial charge in [-0.3, -0.25) is 14.4 Å². The van der Waals surface area contributed by atoms with Gasteiger partial charge in [0, 0.05) is 32.1 Å². The number of carbonyl (C=O) groups excluding carboxylic acids is 2. The van der Waals surface area contributed by atoms with Crippen molar-refractivity contribution in [1.82, 2.24) is 9.80 Å². The second-order valence-corrected chi connectivity index (χ2v) is 7.18. The molecule has 0 radical (unpaired) electrons. The smallest absolute Gasteiger partial charge is 0.306 e. The number of piperidine rings is 1. The average molecular weight is 322 g/mol. The molecule has 1 atom stereocenters. The van der Waals surface area contributed by atoms with Crippen molar-refractivity contribution in [2.45, 2.75) is 57.4 Å². The van der Waals surface area contributed by atoms with Crippen LogP contribution < -0.4 is 0 Å². The van der Waals surface area contributed by atoms with Crippen molar-refractivity contribution in [2.75, 3.05) is 19.6 Å². The molecule has 2 saturated heterocycles. The van der Waals surface area contributed by atoms with Gasteiger partial charge in [-0.2, -0.15) is 0 Å². The Hall–Kier alpha value is -1.59. The lowest BCUT2D eigenvalue weighted by atomic mass is 9.94. The van der Waals surface area contributed by atoms with Crippen LogP contribution in [0.1, 0.15) is 51.4 Å². The molecule has 6 heteroatoms. The van der Waals surface area contributed by atoms with Gasteiger partial charge in [-0.1, -0.05) is 19.3 Å². The van der Waals surface area contributed by atoms with Crippen molar-refractivity contribution in [3.63, 3.8) is 0 Å². The predicted octanol–water partition coefficient (Wildman–Crippen LogP) is 1.49. The molecule has 1 aliphatic carbocycles. The summed E-state index contributed by atoms with van der Waals surface area (Å²) in [5.41, 5.74) is 0. The molecule has 23 heavy (non-hydrogen) atoms. The highest BCUT2D eigenvalue weighted by Gasteiger charge is 2.40. The molecule has 0 unspecified atom stereocenters. The van der Waals surface area contributed by atoms with Crippen LogP contribution in [0.15, 0.2) is 0 Å². The maximum absolute atomic E-state index is 12.7. The molecule has 2 amide bonds. The lowest BCUT2D eigenvalue weighted by Crippen LogP contribution is -2.44. The molecule has 0 aromatic rings. The molecule has 3 aliphatic rings. The Morgan fingerprint density at radius 3 is 2.22 bits per heavy atom. The van der Waals surface area contributed by atoms with Gasteiger partial charge in [0.05, 0.1) is 11.8 Å². The maximum atomic E-state index is 12.7. The van der Waals surface area contributed by atoms with Gasteiger partial charge >= 0.3 is 5.97 Å². The van der Waals surface area contributed by atoms with Gasteiger partial charge in [0.25, 0.3) is 0 Å². The standard InChI is InChI=1S/C17H26N2O4/c20-15-10-13(11-19(15)14-4-2-1-3-5-14)16(21)18-8-6-12(7-9-18)17(22)23/h12-14H,1-11H2,(H,22,23)/t13-/m0/s1. The Bertz CT molecular complexity index is 479. The largest absolute Gasteiger partial charge is 0.481 e. The molecular weight excluding hydrogens is 296 g/mol. The third-order valence-electron chi connectivity index (χ3n) is 5.68. The van der Waals surface area contributed by atoms with Crippen LogP contribution in [0.2, 0.25) is 0 Å². The fourth-order valence-corrected chi connectivity index (χ4v) is 4.25. The second-order valence-electron chi connectivity index (χ2n) is 7.18. The highest BCUT2D eigenvalue weighted by atomic mass is 16.4. The molecule has 0 spiro atoms. The molecule has 1 N–H and O–H groups in total. The van der Waals surface area contributed by atoms with Crippen LogP contribution in [-0.4, -0.2) is 58.4 Å². The number of likely N-dealkylation sites (tertiary alicyclic amines) is 2. The van der Waals surface area contributed by atoms with E-state index in [4.69, 9.17) is 5.11 Å². The SMILES string of the molecule is O=C(O)C1CCN(C(=O)[C@H]2CC(=O)N(C3CCCCC3)C2)CC1. The Labute approximate surface area is 136 Å². The topological polar surface area (TPSA) is 77.9 Å². The number of hydrogen-bond donors (Lipinski definition) is 1. The highest BCUT2D eigenvalue weighted by Crippen LogP contribution is 2.30. The lowest BCUT2D eigenvalue weighted by Gasteiger charge is -2.33. The first-order valence-electron chi connectivity index (χ1n) is 8.87. The van der Waals surface area contributed by atoms with Crippen molar-refractivity contribution in [2.24, 2.45) is 11.8 Å². The Balaban J connectivity index is 1.54. The molecule has 2 aliphatic heterocycles. The first-order valence-corrected chi connectivity index (χ1v) is 8.87. The summed E-state index contributed by atoms with van der Waals surface area (Å²) in [6.07, 6.45) is 7.11. The molecule has 128 valence electrons. The molecule has 6 nitrogen and oxygen atoms in total. The Kier molecular flexibility index (Phi) is 4.87. The van der Waals surface area contributed by atoms with Gasteiger partial charge in [-0.25, -0.2) is 0 Å². The molecule has 0 bridgehead atoms. The van der Waals surface area contributed by atoms with E-state index in [2.05, 4.69) is 0 Å². The zero-order chi connectivity index (χ0) is 16.4. The zero-order valence-corrected chi connectivity index (χ0v) is 13.6. The molecule has 0 aromatic carbocycles. The molecule has 2 heterocycles. The van der Waals surface area contributed by atoms with Gasteiger partial charge in [-0.15, -0.1) is 0 Å². The molecule has 3 fully saturated rings. The van der Waals surface area contributed by atoms with Gasteiger partial charge in [0.15, 0.2) is 0 Å². The number of carboxylic acid groups (broad SMARTS) is 1. The van der Waals surface area contributed by atoms with Crippen LogP contribution in [0.5, 0.6) is 0 Å². The van der Waals surface area contributed by atoms with E-state index in [-0.39, 0.29) is 23.7 Å². The summed E-state index contributed by atoms with van der Waals surface area (Å²) in [5, 5.41) is 9.03. The van der Waals surface area contributed by atoms with E-state index in [1.807, 2.05) is 4.90 Å². The maximum Gasteiger partial charge on any atom is 0.306 e. The summed E-state index contributed by atoms with van der Waals surface area (Å²) in [6, 6.07) is 0.326. The van der Waals surface area contributed by atoms with Crippen LogP contribution in [0.3, 0.4) is 0 Å². The highest BCUT2D eigenvalue weighted by molar-refractivity contribution is 5.89. The van der Waals surface area contributed by atoms with Gasteiger partial charge in [0.2, 0.25) is 11.8 Å². The number of rotatable bonds is 3. The summed E-state index contributed by atoms with van der Waals surface area (Å²) in [5.74, 6) is -1.17. The van der Waals surface area contributed by atoms with E-state index >= 15 is 0 Å². The third kappa shape index (κ3) is 3.51. The molecule has 0 aromatic heterocycles. The van der Waals surface area contributed by atoms with Gasteiger partial charge in [0.1, 0.15) is 0 Å². The Morgan fingerprint density at radius 1 is 0.957 bits per heavy atom. The number of aliphatic carboxylic acids is 1. The first-order chi connectivity index (χ1) is 11.1. The van der Waals surface area contributed by atoms with Crippen LogP contribution in [-0.2, 0) is 14.4 Å². The van der Waals surface area contributed by atoms with Gasteiger partial charge < -0.3 is 14.9 Å². The summed E-state index contributed by atoms with van der Waals surface area (Å²) >= 11 is 0. The average Bonchev–Trinajstić information content (AvgIpc) is 2.97. The van der Waals surface area contributed by atoms with Gasteiger partial charge in [-0.05, 0) is 25.7 Å². The van der Waals surface area contributed by atoms with Crippen LogP contribution in [0, 0.1) is 11.8 Å². The van der Waals surface area contributed by atoms with Crippen molar-refractivity contribution < 1.29 is 19.5 Å². The summed E-state index contributed by atoms with van der Waals surface area (Å²) in [4.78, 5) is 39.6. The second kappa shape index (κ2) is 6.89. The van der Waals surface area contributed by atoms with E-state index in [0.717, 1.165) is 12.8 Å². The van der Waals surface area contributed by atoms with Crippen molar-refractivity contribution in [3.05, 3.63) is 0 Å². The van der Waals surface area contributed by atoms with E-state index in [0.29, 0.717) is 44.9 Å². The number of hydrogen-bond acceptors (Lipinski definition) is 3. The fraction of sp³-hybridized carbons (Fsp3) is 0.824. The van der Waals surface area contributed by atoms with E-state index < -0.39 is 5.97 Å². The minimum atomic E-state index is -0.767. The first kappa shape index (κ1) is 16.3. The van der Waals surface area contributed by atoms with E-state index in [9.17, 15) is 14.4 Å². The van der Waals surface area contributed by atoms with Crippen molar-refractivity contribution in [1.29, 1.82) is 0 Å². The summed E-state index contributed by atoms with van der Waals surface area (Å²) in [6.45, 7) is 1.56. The molecule has 1 saturated carbocycles. The number of amides is 2. The zero-order valence-electron chi connectivity index (χ0n) is 13.6. The monoisotopic (exact) mass is 322 g/mol. The summed E-state index contributed by atoms with van der Waals surface area (Å²) in [7, 11) is 0. The minimum absolute atomic E-state index is 0.0421. The minimum Gasteiger partial charge on any atom is -0.481 e. The quantitative estimate of drug-likeness (QED) is 0.854. The van der Waals surface area contributed by atoms with Crippen molar-refractivity contribution >= 4 is 17.8 Å². The third-order valence-corrected chi connectivity index (χ3v) is 5.68. The Morgan fingerprint density at radius 2 is 1.61 bits per heavy atom. The van der Waals surface area contributed by atoms with Crippen LogP contribution in [0.25, 0.3) is 0 Å². The van der Waals surface area contributed by atoms with Crippen LogP contribution in [0.4, 0.5) is 0 Å². The van der Waals surface area contributed by atoms with E-state index in [1.165, 1.54) is 19.3 Å². The summed E-state index contributed by atoms with van der Waals surface area (Å²) < 4.78 is 0. The fourth-order valence-electron chi connectivity index (χ4n) is 4.25. The van der Waals surface area contributed by atoms with E-state index in [1.54, 1.807) is 4.90 Å². The van der Waals surface area contributed by atoms with Crippen LogP contribution >= 0.6 is 0 Å². The number of nitrogens with zero attached hydrogens (tertiary/aromatic N) is 2. The molecular formula is C17H26N2O4. The molecule has 3 rings (SSSR count). The lowest BCUT2D eigenvalue weighted by molar-refractivity contribution is -0.146. The normalized spacial score (nSPS) is 27.5. The number of carboxylic acids is 1.